The fourth-order valence-electron chi connectivity index (χ4n) is 3.72. The van der Waals surface area contributed by atoms with E-state index < -0.39 is 0 Å². The summed E-state index contributed by atoms with van der Waals surface area (Å²) in [5.74, 6) is 1.05. The minimum absolute atomic E-state index is 0.00648. The number of benzene rings is 1. The SMILES string of the molecule is COc1ccc(CC(=O)N2CCOCC2C2CCCC2O)cc1. The Morgan fingerprint density at radius 2 is 2.13 bits per heavy atom. The molecule has 0 spiro atoms. The van der Waals surface area contributed by atoms with Crippen molar-refractivity contribution in [3.05, 3.63) is 29.8 Å². The second-order valence-corrected chi connectivity index (χ2v) is 6.42. The standard InChI is InChI=1S/C18H25NO4/c1-22-14-7-5-13(6-8-14)11-18(21)19-9-10-23-12-16(19)15-3-2-4-17(15)20/h5-8,15-17,20H,2-4,9-12H2,1H3. The summed E-state index contributed by atoms with van der Waals surface area (Å²) in [6, 6.07) is 7.61. The Bertz CT molecular complexity index is 530. The van der Waals surface area contributed by atoms with Gasteiger partial charge in [-0.25, -0.2) is 0 Å². The van der Waals surface area contributed by atoms with Crippen LogP contribution < -0.4 is 4.74 Å². The number of aliphatic hydroxyl groups is 1. The molecule has 5 heteroatoms. The summed E-state index contributed by atoms with van der Waals surface area (Å²) in [4.78, 5) is 14.7. The van der Waals surface area contributed by atoms with E-state index >= 15 is 0 Å². The van der Waals surface area contributed by atoms with E-state index in [-0.39, 0.29) is 24.0 Å². The smallest absolute Gasteiger partial charge is 0.227 e. The number of methoxy groups -OCH3 is 1. The van der Waals surface area contributed by atoms with Crippen LogP contribution in [0.15, 0.2) is 24.3 Å². The quantitative estimate of drug-likeness (QED) is 0.916. The minimum atomic E-state index is -0.307. The first-order chi connectivity index (χ1) is 11.2. The van der Waals surface area contributed by atoms with Crippen molar-refractivity contribution in [2.75, 3.05) is 26.9 Å². The molecule has 3 atom stereocenters. The highest BCUT2D eigenvalue weighted by Crippen LogP contribution is 2.32. The highest BCUT2D eigenvalue weighted by atomic mass is 16.5. The predicted molar refractivity (Wildman–Crippen MR) is 86.4 cm³/mol. The average Bonchev–Trinajstić information content (AvgIpc) is 3.01. The summed E-state index contributed by atoms with van der Waals surface area (Å²) in [6.45, 7) is 1.73. The van der Waals surface area contributed by atoms with E-state index in [9.17, 15) is 9.90 Å². The minimum Gasteiger partial charge on any atom is -0.497 e. The number of hydrogen-bond donors (Lipinski definition) is 1. The highest BCUT2D eigenvalue weighted by Gasteiger charge is 2.39. The van der Waals surface area contributed by atoms with Crippen molar-refractivity contribution in [1.29, 1.82) is 0 Å². The van der Waals surface area contributed by atoms with Crippen LogP contribution in [0.25, 0.3) is 0 Å². The molecule has 1 aromatic carbocycles. The van der Waals surface area contributed by atoms with Crippen LogP contribution in [0.3, 0.4) is 0 Å². The van der Waals surface area contributed by atoms with Crippen LogP contribution in [0.5, 0.6) is 5.75 Å². The summed E-state index contributed by atoms with van der Waals surface area (Å²) < 4.78 is 10.7. The molecule has 1 N–H and O–H groups in total. The summed E-state index contributed by atoms with van der Waals surface area (Å²) >= 11 is 0. The van der Waals surface area contributed by atoms with Gasteiger partial charge in [0.05, 0.1) is 38.9 Å². The molecule has 1 aliphatic heterocycles. The van der Waals surface area contributed by atoms with E-state index in [0.717, 1.165) is 30.6 Å². The van der Waals surface area contributed by atoms with E-state index in [0.29, 0.717) is 26.2 Å². The second-order valence-electron chi connectivity index (χ2n) is 6.42. The van der Waals surface area contributed by atoms with Gasteiger partial charge in [-0.1, -0.05) is 18.6 Å². The zero-order valence-corrected chi connectivity index (χ0v) is 13.6. The van der Waals surface area contributed by atoms with Crippen LogP contribution in [-0.4, -0.2) is 54.9 Å². The van der Waals surface area contributed by atoms with Crippen molar-refractivity contribution < 1.29 is 19.4 Å². The van der Waals surface area contributed by atoms with Gasteiger partial charge in [0.15, 0.2) is 0 Å². The second kappa shape index (κ2) is 7.32. The van der Waals surface area contributed by atoms with Gasteiger partial charge in [0.2, 0.25) is 5.91 Å². The van der Waals surface area contributed by atoms with E-state index in [1.165, 1.54) is 0 Å². The molecule has 0 bridgehead atoms. The zero-order chi connectivity index (χ0) is 16.2. The molecule has 3 rings (SSSR count). The maximum atomic E-state index is 12.8. The lowest BCUT2D eigenvalue weighted by Gasteiger charge is -2.40. The van der Waals surface area contributed by atoms with Crippen LogP contribution in [0.1, 0.15) is 24.8 Å². The fourth-order valence-corrected chi connectivity index (χ4v) is 3.72. The van der Waals surface area contributed by atoms with Gasteiger partial charge in [-0.05, 0) is 30.5 Å². The molecule has 5 nitrogen and oxygen atoms in total. The van der Waals surface area contributed by atoms with Crippen molar-refractivity contribution in [3.63, 3.8) is 0 Å². The first-order valence-electron chi connectivity index (χ1n) is 8.37. The average molecular weight is 319 g/mol. The molecule has 3 unspecified atom stereocenters. The van der Waals surface area contributed by atoms with E-state index in [1.54, 1.807) is 7.11 Å². The third kappa shape index (κ3) is 3.67. The number of carbonyl (C=O) groups is 1. The Hall–Kier alpha value is -1.59. The van der Waals surface area contributed by atoms with Crippen LogP contribution >= 0.6 is 0 Å². The first kappa shape index (κ1) is 16.3. The largest absolute Gasteiger partial charge is 0.497 e. The van der Waals surface area contributed by atoms with Crippen molar-refractivity contribution in [1.82, 2.24) is 4.90 Å². The molecule has 0 aromatic heterocycles. The summed E-state index contributed by atoms with van der Waals surface area (Å²) in [5, 5.41) is 10.2. The molecule has 1 saturated carbocycles. The van der Waals surface area contributed by atoms with Crippen LogP contribution in [0, 0.1) is 5.92 Å². The molecule has 2 fully saturated rings. The molecule has 1 aromatic rings. The van der Waals surface area contributed by atoms with E-state index in [2.05, 4.69) is 0 Å². The normalized spacial score (nSPS) is 27.9. The van der Waals surface area contributed by atoms with Gasteiger partial charge in [-0.3, -0.25) is 4.79 Å². The summed E-state index contributed by atoms with van der Waals surface area (Å²) in [6.07, 6.45) is 2.91. The maximum absolute atomic E-state index is 12.8. The first-order valence-corrected chi connectivity index (χ1v) is 8.37. The highest BCUT2D eigenvalue weighted by molar-refractivity contribution is 5.79. The van der Waals surface area contributed by atoms with Crippen molar-refractivity contribution >= 4 is 5.91 Å². The Labute approximate surface area is 137 Å². The number of aliphatic hydroxyl groups excluding tert-OH is 1. The van der Waals surface area contributed by atoms with Gasteiger partial charge in [0.25, 0.3) is 0 Å². The number of morpholine rings is 1. The maximum Gasteiger partial charge on any atom is 0.227 e. The molecule has 126 valence electrons. The monoisotopic (exact) mass is 319 g/mol. The lowest BCUT2D eigenvalue weighted by Crippen LogP contribution is -2.54. The third-order valence-electron chi connectivity index (χ3n) is 5.03. The van der Waals surface area contributed by atoms with Gasteiger partial charge >= 0.3 is 0 Å². The lowest BCUT2D eigenvalue weighted by atomic mass is 9.93. The number of rotatable bonds is 4. The zero-order valence-electron chi connectivity index (χ0n) is 13.6. The van der Waals surface area contributed by atoms with E-state index in [4.69, 9.17) is 9.47 Å². The molecular weight excluding hydrogens is 294 g/mol. The lowest BCUT2D eigenvalue weighted by molar-refractivity contribution is -0.143. The Balaban J connectivity index is 1.68. The van der Waals surface area contributed by atoms with Crippen LogP contribution in [0.4, 0.5) is 0 Å². The van der Waals surface area contributed by atoms with Crippen molar-refractivity contribution in [2.45, 2.75) is 37.8 Å². The molecule has 23 heavy (non-hydrogen) atoms. The van der Waals surface area contributed by atoms with Crippen molar-refractivity contribution in [3.8, 4) is 5.75 Å². The summed E-state index contributed by atoms with van der Waals surface area (Å²) in [7, 11) is 1.63. The molecule has 2 aliphatic rings. The Kier molecular flexibility index (Phi) is 5.18. The third-order valence-corrected chi connectivity index (χ3v) is 5.03. The van der Waals surface area contributed by atoms with Gasteiger partial charge in [0, 0.05) is 12.5 Å². The summed E-state index contributed by atoms with van der Waals surface area (Å²) in [5.41, 5.74) is 0.980. The molecule has 1 amide bonds. The fraction of sp³-hybridized carbons (Fsp3) is 0.611. The molecular formula is C18H25NO4. The van der Waals surface area contributed by atoms with Gasteiger partial charge in [-0.15, -0.1) is 0 Å². The Morgan fingerprint density at radius 3 is 2.78 bits per heavy atom. The number of hydrogen-bond acceptors (Lipinski definition) is 4. The van der Waals surface area contributed by atoms with Gasteiger partial charge < -0.3 is 19.5 Å². The molecule has 1 aliphatic carbocycles. The predicted octanol–water partition coefficient (Wildman–Crippen LogP) is 1.63. The van der Waals surface area contributed by atoms with Crippen LogP contribution in [-0.2, 0) is 16.0 Å². The number of amides is 1. The molecule has 1 heterocycles. The number of carbonyl (C=O) groups excluding carboxylic acids is 1. The topological polar surface area (TPSA) is 59.0 Å². The molecule has 0 radical (unpaired) electrons. The molecule has 1 saturated heterocycles. The number of nitrogens with zero attached hydrogens (tertiary/aromatic N) is 1. The Morgan fingerprint density at radius 1 is 1.35 bits per heavy atom. The van der Waals surface area contributed by atoms with E-state index in [1.807, 2.05) is 29.2 Å². The van der Waals surface area contributed by atoms with Crippen molar-refractivity contribution in [2.24, 2.45) is 5.92 Å². The van der Waals surface area contributed by atoms with Gasteiger partial charge in [0.1, 0.15) is 5.75 Å². The van der Waals surface area contributed by atoms with Gasteiger partial charge in [-0.2, -0.15) is 0 Å². The van der Waals surface area contributed by atoms with Crippen LogP contribution in [0.2, 0.25) is 0 Å². The number of ether oxygens (including phenoxy) is 2.